The first-order valence-corrected chi connectivity index (χ1v) is 5.16. The summed E-state index contributed by atoms with van der Waals surface area (Å²) in [5.74, 6) is -3.40. The van der Waals surface area contributed by atoms with Crippen LogP contribution in [0.15, 0.2) is 12.1 Å². The molecule has 0 atom stereocenters. The van der Waals surface area contributed by atoms with E-state index in [-0.39, 0.29) is 28.9 Å². The highest BCUT2D eigenvalue weighted by Gasteiger charge is 2.22. The molecular weight excluding hydrogens is 240 g/mol. The summed E-state index contributed by atoms with van der Waals surface area (Å²) >= 11 is 0. The average Bonchev–Trinajstić information content (AvgIpc) is 2.27. The number of hydrogen-bond donors (Lipinski definition) is 2. The van der Waals surface area contributed by atoms with Gasteiger partial charge in [-0.25, -0.2) is 14.4 Å². The van der Waals surface area contributed by atoms with Crippen molar-refractivity contribution in [2.45, 2.75) is 13.8 Å². The Hall–Kier alpha value is -2.37. The van der Waals surface area contributed by atoms with E-state index in [9.17, 15) is 14.4 Å². The van der Waals surface area contributed by atoms with E-state index in [2.05, 4.69) is 0 Å². The van der Waals surface area contributed by atoms with E-state index in [4.69, 9.17) is 14.9 Å². The van der Waals surface area contributed by atoms with Gasteiger partial charge in [0.2, 0.25) is 0 Å². The number of ether oxygens (including phenoxy) is 1. The number of benzene rings is 1. The third kappa shape index (κ3) is 2.65. The van der Waals surface area contributed by atoms with E-state index in [1.807, 2.05) is 0 Å². The molecule has 2 N–H and O–H groups in total. The van der Waals surface area contributed by atoms with E-state index in [0.717, 1.165) is 6.07 Å². The fourth-order valence-electron chi connectivity index (χ4n) is 1.55. The molecule has 6 heteroatoms. The predicted octanol–water partition coefficient (Wildman–Crippen LogP) is 1.57. The summed E-state index contributed by atoms with van der Waals surface area (Å²) in [6.45, 7) is 3.17. The number of aryl methyl sites for hydroxylation is 1. The van der Waals surface area contributed by atoms with Crippen molar-refractivity contribution in [3.63, 3.8) is 0 Å². The molecule has 0 heterocycles. The molecule has 0 aliphatic rings. The Bertz CT molecular complexity index is 518. The zero-order valence-electron chi connectivity index (χ0n) is 9.89. The topological polar surface area (TPSA) is 101 Å². The summed E-state index contributed by atoms with van der Waals surface area (Å²) in [5.41, 5.74) is -0.413. The van der Waals surface area contributed by atoms with Gasteiger partial charge >= 0.3 is 17.9 Å². The minimum absolute atomic E-state index is 0.109. The fourth-order valence-corrected chi connectivity index (χ4v) is 1.55. The van der Waals surface area contributed by atoms with Crippen LogP contribution >= 0.6 is 0 Å². The Labute approximate surface area is 103 Å². The van der Waals surface area contributed by atoms with Crippen LogP contribution in [0.5, 0.6) is 0 Å². The number of carbonyl (C=O) groups is 3. The molecule has 6 nitrogen and oxygen atoms in total. The van der Waals surface area contributed by atoms with Crippen molar-refractivity contribution in [1.82, 2.24) is 0 Å². The molecule has 0 aromatic heterocycles. The highest BCUT2D eigenvalue weighted by atomic mass is 16.5. The van der Waals surface area contributed by atoms with Crippen molar-refractivity contribution >= 4 is 17.9 Å². The van der Waals surface area contributed by atoms with Crippen molar-refractivity contribution in [3.05, 3.63) is 34.4 Å². The zero-order valence-corrected chi connectivity index (χ0v) is 9.89. The second-order valence-electron chi connectivity index (χ2n) is 3.55. The van der Waals surface area contributed by atoms with Gasteiger partial charge in [0.15, 0.2) is 0 Å². The molecule has 1 aromatic rings. The zero-order chi connectivity index (χ0) is 13.9. The standard InChI is InChI=1S/C12H12O6/c1-3-18-12(17)9-6(2)4-7(10(13)14)5-8(9)11(15)16/h4-5H,3H2,1-2H3,(H,13,14)(H,15,16). The number of aromatic carboxylic acids is 2. The number of hydrogen-bond acceptors (Lipinski definition) is 4. The van der Waals surface area contributed by atoms with Crippen molar-refractivity contribution in [2.75, 3.05) is 6.61 Å². The van der Waals surface area contributed by atoms with Crippen LogP contribution in [0.2, 0.25) is 0 Å². The first-order chi connectivity index (χ1) is 8.38. The molecule has 0 saturated heterocycles. The lowest BCUT2D eigenvalue weighted by Gasteiger charge is -2.10. The lowest BCUT2D eigenvalue weighted by Crippen LogP contribution is -2.15. The summed E-state index contributed by atoms with van der Waals surface area (Å²) in [7, 11) is 0. The van der Waals surface area contributed by atoms with Gasteiger partial charge in [-0.2, -0.15) is 0 Å². The summed E-state index contributed by atoms with van der Waals surface area (Å²) in [5, 5.41) is 17.9. The lowest BCUT2D eigenvalue weighted by molar-refractivity contribution is 0.0512. The second-order valence-corrected chi connectivity index (χ2v) is 3.55. The van der Waals surface area contributed by atoms with E-state index >= 15 is 0 Å². The third-order valence-corrected chi connectivity index (χ3v) is 2.29. The van der Waals surface area contributed by atoms with Crippen LogP contribution < -0.4 is 0 Å². The van der Waals surface area contributed by atoms with Crippen LogP contribution in [-0.4, -0.2) is 34.7 Å². The Morgan fingerprint density at radius 3 is 2.22 bits per heavy atom. The maximum atomic E-state index is 11.6. The monoisotopic (exact) mass is 252 g/mol. The van der Waals surface area contributed by atoms with Crippen molar-refractivity contribution < 1.29 is 29.3 Å². The Morgan fingerprint density at radius 1 is 1.17 bits per heavy atom. The molecule has 0 bridgehead atoms. The molecule has 18 heavy (non-hydrogen) atoms. The molecule has 0 radical (unpaired) electrons. The molecule has 0 saturated carbocycles. The SMILES string of the molecule is CCOC(=O)c1c(C)cc(C(=O)O)cc1C(=O)O. The maximum Gasteiger partial charge on any atom is 0.339 e. The molecule has 0 amide bonds. The van der Waals surface area contributed by atoms with Crippen molar-refractivity contribution in [2.24, 2.45) is 0 Å². The minimum Gasteiger partial charge on any atom is -0.478 e. The van der Waals surface area contributed by atoms with Crippen LogP contribution in [0.3, 0.4) is 0 Å². The van der Waals surface area contributed by atoms with Gasteiger partial charge in [-0.3, -0.25) is 0 Å². The average molecular weight is 252 g/mol. The molecule has 96 valence electrons. The summed E-state index contributed by atoms with van der Waals surface area (Å²) < 4.78 is 4.75. The van der Waals surface area contributed by atoms with Gasteiger partial charge in [-0.1, -0.05) is 0 Å². The summed E-state index contributed by atoms with van der Waals surface area (Å²) in [6.07, 6.45) is 0. The van der Waals surface area contributed by atoms with Crippen LogP contribution in [0, 0.1) is 6.92 Å². The molecular formula is C12H12O6. The maximum absolute atomic E-state index is 11.6. The number of rotatable bonds is 4. The fraction of sp³-hybridized carbons (Fsp3) is 0.250. The van der Waals surface area contributed by atoms with E-state index in [1.54, 1.807) is 6.92 Å². The Morgan fingerprint density at radius 2 is 1.78 bits per heavy atom. The summed E-state index contributed by atoms with van der Waals surface area (Å²) in [4.78, 5) is 33.5. The lowest BCUT2D eigenvalue weighted by atomic mass is 9.98. The quantitative estimate of drug-likeness (QED) is 0.789. The van der Waals surface area contributed by atoms with Gasteiger partial charge in [-0.15, -0.1) is 0 Å². The largest absolute Gasteiger partial charge is 0.478 e. The van der Waals surface area contributed by atoms with Gasteiger partial charge in [-0.05, 0) is 31.5 Å². The number of carboxylic acids is 2. The van der Waals surface area contributed by atoms with Crippen molar-refractivity contribution in [3.8, 4) is 0 Å². The van der Waals surface area contributed by atoms with Gasteiger partial charge < -0.3 is 14.9 Å². The first kappa shape index (κ1) is 13.7. The van der Waals surface area contributed by atoms with E-state index in [1.165, 1.54) is 13.0 Å². The van der Waals surface area contributed by atoms with Crippen LogP contribution in [-0.2, 0) is 4.74 Å². The van der Waals surface area contributed by atoms with Gasteiger partial charge in [0, 0.05) is 0 Å². The van der Waals surface area contributed by atoms with Gasteiger partial charge in [0.25, 0.3) is 0 Å². The molecule has 0 aliphatic heterocycles. The van der Waals surface area contributed by atoms with Crippen LogP contribution in [0.25, 0.3) is 0 Å². The highest BCUT2D eigenvalue weighted by Crippen LogP contribution is 2.19. The van der Waals surface area contributed by atoms with E-state index < -0.39 is 17.9 Å². The Balaban J connectivity index is 3.45. The van der Waals surface area contributed by atoms with Crippen LogP contribution in [0.1, 0.15) is 43.6 Å². The third-order valence-electron chi connectivity index (χ3n) is 2.29. The highest BCUT2D eigenvalue weighted by molar-refractivity contribution is 6.05. The molecule has 0 unspecified atom stereocenters. The smallest absolute Gasteiger partial charge is 0.339 e. The first-order valence-electron chi connectivity index (χ1n) is 5.16. The molecule has 1 aromatic carbocycles. The molecule has 1 rings (SSSR count). The predicted molar refractivity (Wildman–Crippen MR) is 61.1 cm³/mol. The second kappa shape index (κ2) is 5.31. The summed E-state index contributed by atoms with van der Waals surface area (Å²) in [6, 6.07) is 2.19. The Kier molecular flexibility index (Phi) is 4.04. The molecule has 0 spiro atoms. The number of esters is 1. The minimum atomic E-state index is -1.37. The van der Waals surface area contributed by atoms with Crippen LogP contribution in [0.4, 0.5) is 0 Å². The number of carboxylic acid groups (broad SMARTS) is 2. The van der Waals surface area contributed by atoms with Crippen molar-refractivity contribution in [1.29, 1.82) is 0 Å². The van der Waals surface area contributed by atoms with Gasteiger partial charge in [0.1, 0.15) is 0 Å². The van der Waals surface area contributed by atoms with E-state index in [0.29, 0.717) is 0 Å². The molecule has 0 aliphatic carbocycles. The normalized spacial score (nSPS) is 9.89. The van der Waals surface area contributed by atoms with Gasteiger partial charge in [0.05, 0.1) is 23.3 Å². The molecule has 0 fully saturated rings. The number of carbonyl (C=O) groups excluding carboxylic acids is 1.